The van der Waals surface area contributed by atoms with E-state index in [1.54, 1.807) is 18.2 Å². The number of rotatable bonds is 3. The molecule has 0 fully saturated rings. The Morgan fingerprint density at radius 2 is 1.74 bits per heavy atom. The largest absolute Gasteiger partial charge is 0.375 e. The molecule has 0 saturated heterocycles. The molecule has 1 amide bonds. The van der Waals surface area contributed by atoms with Crippen molar-refractivity contribution >= 4 is 17.4 Å². The van der Waals surface area contributed by atoms with Gasteiger partial charge in [0.15, 0.2) is 11.4 Å². The van der Waals surface area contributed by atoms with Crippen molar-refractivity contribution in [2.45, 2.75) is 32.8 Å². The number of carbonyl (C=O) groups is 2. The topological polar surface area (TPSA) is 66.4 Å². The normalized spacial score (nSPS) is 19.4. The zero-order valence-corrected chi connectivity index (χ0v) is 13.4. The van der Waals surface area contributed by atoms with E-state index >= 15 is 0 Å². The maximum atomic E-state index is 12.5. The van der Waals surface area contributed by atoms with E-state index in [0.717, 1.165) is 16.7 Å². The number of Topliss-reactive ketones (excluding diaryl/α,β-unsaturated/α-hetero) is 1. The number of ketones is 1. The first kappa shape index (κ1) is 15.4. The van der Waals surface area contributed by atoms with Crippen molar-refractivity contribution in [3.05, 3.63) is 64.2 Å². The van der Waals surface area contributed by atoms with Crippen LogP contribution in [0, 0.1) is 20.8 Å². The summed E-state index contributed by atoms with van der Waals surface area (Å²) in [5.74, 6) is -0.795. The van der Waals surface area contributed by atoms with Crippen molar-refractivity contribution in [1.29, 1.82) is 0 Å². The third kappa shape index (κ3) is 2.55. The predicted molar refractivity (Wildman–Crippen MR) is 88.6 cm³/mol. The van der Waals surface area contributed by atoms with Crippen molar-refractivity contribution in [3.63, 3.8) is 0 Å². The fourth-order valence-electron chi connectivity index (χ4n) is 3.05. The highest BCUT2D eigenvalue weighted by molar-refractivity contribution is 6.10. The number of aliphatic hydroxyl groups is 1. The molecule has 1 aliphatic rings. The lowest BCUT2D eigenvalue weighted by atomic mass is 9.86. The van der Waals surface area contributed by atoms with Gasteiger partial charge in [0, 0.05) is 11.1 Å². The molecule has 0 saturated carbocycles. The van der Waals surface area contributed by atoms with Gasteiger partial charge in [-0.2, -0.15) is 0 Å². The van der Waals surface area contributed by atoms with Crippen LogP contribution in [0.4, 0.5) is 5.69 Å². The summed E-state index contributed by atoms with van der Waals surface area (Å²) >= 11 is 0. The van der Waals surface area contributed by atoms with E-state index in [9.17, 15) is 14.7 Å². The van der Waals surface area contributed by atoms with Crippen LogP contribution in [-0.4, -0.2) is 16.8 Å². The van der Waals surface area contributed by atoms with Gasteiger partial charge in [-0.3, -0.25) is 9.59 Å². The second-order valence-electron chi connectivity index (χ2n) is 6.28. The summed E-state index contributed by atoms with van der Waals surface area (Å²) in [7, 11) is 0. The summed E-state index contributed by atoms with van der Waals surface area (Å²) in [6, 6.07) is 10.8. The number of aryl methyl sites for hydroxylation is 3. The van der Waals surface area contributed by atoms with Gasteiger partial charge in [0.25, 0.3) is 5.91 Å². The fraction of sp³-hybridized carbons (Fsp3) is 0.263. The third-order valence-electron chi connectivity index (χ3n) is 4.33. The average Bonchev–Trinajstić information content (AvgIpc) is 2.73. The van der Waals surface area contributed by atoms with Crippen LogP contribution < -0.4 is 5.32 Å². The van der Waals surface area contributed by atoms with Gasteiger partial charge in [-0.15, -0.1) is 0 Å². The highest BCUT2D eigenvalue weighted by Crippen LogP contribution is 2.41. The lowest BCUT2D eigenvalue weighted by Gasteiger charge is -2.20. The highest BCUT2D eigenvalue weighted by atomic mass is 16.3. The molecule has 2 aromatic rings. The Kier molecular flexibility index (Phi) is 3.57. The van der Waals surface area contributed by atoms with Crippen LogP contribution in [0.15, 0.2) is 36.4 Å². The number of fused-ring (bicyclic) bond motifs is 1. The minimum atomic E-state index is -1.81. The van der Waals surface area contributed by atoms with E-state index in [4.69, 9.17) is 0 Å². The molecular formula is C19H19NO3. The van der Waals surface area contributed by atoms with Gasteiger partial charge in [0.05, 0.1) is 12.1 Å². The van der Waals surface area contributed by atoms with Gasteiger partial charge >= 0.3 is 0 Å². The molecule has 3 rings (SSSR count). The third-order valence-corrected chi connectivity index (χ3v) is 4.33. The standard InChI is InChI=1S/C19H19NO3/c1-11-4-6-14(7-5-11)16(21)10-19(23)15-9-12(2)8-13(3)17(15)20-18(19)22/h4-9,23H,10H2,1-3H3,(H,20,22)/t19-/m1/s1. The second kappa shape index (κ2) is 5.32. The molecule has 0 aromatic heterocycles. The summed E-state index contributed by atoms with van der Waals surface area (Å²) in [4.78, 5) is 24.8. The van der Waals surface area contributed by atoms with Crippen LogP contribution in [0.1, 0.15) is 39.0 Å². The number of nitrogens with one attached hydrogen (secondary N) is 1. The van der Waals surface area contributed by atoms with E-state index in [-0.39, 0.29) is 12.2 Å². The Morgan fingerprint density at radius 3 is 2.39 bits per heavy atom. The van der Waals surface area contributed by atoms with Gasteiger partial charge in [0.1, 0.15) is 0 Å². The molecule has 1 heterocycles. The summed E-state index contributed by atoms with van der Waals surface area (Å²) in [5.41, 5.74) is 2.66. The van der Waals surface area contributed by atoms with Crippen LogP contribution in [0.25, 0.3) is 0 Å². The van der Waals surface area contributed by atoms with Crippen molar-refractivity contribution in [2.24, 2.45) is 0 Å². The lowest BCUT2D eigenvalue weighted by molar-refractivity contribution is -0.133. The van der Waals surface area contributed by atoms with E-state index in [2.05, 4.69) is 5.32 Å². The average molecular weight is 309 g/mol. The Morgan fingerprint density at radius 1 is 1.09 bits per heavy atom. The molecule has 4 nitrogen and oxygen atoms in total. The highest BCUT2D eigenvalue weighted by Gasteiger charge is 2.47. The minimum absolute atomic E-state index is 0.255. The maximum absolute atomic E-state index is 12.5. The molecular weight excluding hydrogens is 290 g/mol. The van der Waals surface area contributed by atoms with Gasteiger partial charge in [-0.05, 0) is 26.3 Å². The number of carbonyl (C=O) groups excluding carboxylic acids is 2. The SMILES string of the molecule is Cc1ccc(C(=O)C[C@]2(O)C(=O)Nc3c(C)cc(C)cc32)cc1. The van der Waals surface area contributed by atoms with Gasteiger partial charge in [-0.25, -0.2) is 0 Å². The van der Waals surface area contributed by atoms with Crippen molar-refractivity contribution < 1.29 is 14.7 Å². The van der Waals surface area contributed by atoms with Crippen LogP contribution in [0.2, 0.25) is 0 Å². The molecule has 0 bridgehead atoms. The van der Waals surface area contributed by atoms with Crippen LogP contribution in [0.3, 0.4) is 0 Å². The molecule has 0 radical (unpaired) electrons. The zero-order valence-electron chi connectivity index (χ0n) is 13.4. The second-order valence-corrected chi connectivity index (χ2v) is 6.28. The van der Waals surface area contributed by atoms with Crippen LogP contribution in [-0.2, 0) is 10.4 Å². The quantitative estimate of drug-likeness (QED) is 0.857. The molecule has 23 heavy (non-hydrogen) atoms. The lowest BCUT2D eigenvalue weighted by Crippen LogP contribution is -2.36. The summed E-state index contributed by atoms with van der Waals surface area (Å²) in [6.07, 6.45) is -0.266. The van der Waals surface area contributed by atoms with Crippen LogP contribution in [0.5, 0.6) is 0 Å². The van der Waals surface area contributed by atoms with Gasteiger partial charge < -0.3 is 10.4 Å². The van der Waals surface area contributed by atoms with Gasteiger partial charge in [-0.1, -0.05) is 47.5 Å². The summed E-state index contributed by atoms with van der Waals surface area (Å²) in [5, 5.41) is 13.6. The van der Waals surface area contributed by atoms with Crippen molar-refractivity contribution in [1.82, 2.24) is 0 Å². The van der Waals surface area contributed by atoms with Crippen LogP contribution >= 0.6 is 0 Å². The van der Waals surface area contributed by atoms with E-state index in [0.29, 0.717) is 16.8 Å². The first-order chi connectivity index (χ1) is 10.8. The Hall–Kier alpha value is -2.46. The van der Waals surface area contributed by atoms with Gasteiger partial charge in [0.2, 0.25) is 0 Å². The monoisotopic (exact) mass is 309 g/mol. The molecule has 2 aromatic carbocycles. The molecule has 1 atom stereocenters. The Bertz CT molecular complexity index is 808. The van der Waals surface area contributed by atoms with Crippen molar-refractivity contribution in [3.8, 4) is 0 Å². The van der Waals surface area contributed by atoms with Crippen molar-refractivity contribution in [2.75, 3.05) is 5.32 Å². The molecule has 0 aliphatic carbocycles. The summed E-state index contributed by atoms with van der Waals surface area (Å²) < 4.78 is 0. The smallest absolute Gasteiger partial charge is 0.261 e. The fourth-order valence-corrected chi connectivity index (χ4v) is 3.05. The molecule has 118 valence electrons. The number of benzene rings is 2. The number of hydrogen-bond donors (Lipinski definition) is 2. The maximum Gasteiger partial charge on any atom is 0.261 e. The minimum Gasteiger partial charge on any atom is -0.375 e. The number of anilines is 1. The molecule has 0 unspecified atom stereocenters. The number of hydrogen-bond acceptors (Lipinski definition) is 3. The first-order valence-corrected chi connectivity index (χ1v) is 7.57. The first-order valence-electron chi connectivity index (χ1n) is 7.57. The number of amides is 1. The summed E-state index contributed by atoms with van der Waals surface area (Å²) in [6.45, 7) is 5.71. The predicted octanol–water partition coefficient (Wildman–Crippen LogP) is 3.02. The Balaban J connectivity index is 1.98. The van der Waals surface area contributed by atoms with E-state index < -0.39 is 11.5 Å². The zero-order chi connectivity index (χ0) is 16.8. The molecule has 4 heteroatoms. The van der Waals surface area contributed by atoms with E-state index in [1.807, 2.05) is 39.0 Å². The molecule has 0 spiro atoms. The Labute approximate surface area is 135 Å². The molecule has 2 N–H and O–H groups in total. The molecule has 1 aliphatic heterocycles. The van der Waals surface area contributed by atoms with E-state index in [1.165, 1.54) is 0 Å².